The van der Waals surface area contributed by atoms with Gasteiger partial charge in [0.15, 0.2) is 37.9 Å². The van der Waals surface area contributed by atoms with Gasteiger partial charge < -0.3 is 29.2 Å². The third-order valence-electron chi connectivity index (χ3n) is 9.56. The maximum atomic E-state index is 11.7. The lowest BCUT2D eigenvalue weighted by molar-refractivity contribution is -0.689. The number of esters is 2. The van der Waals surface area contributed by atoms with E-state index in [0.717, 1.165) is 33.4 Å². The van der Waals surface area contributed by atoms with Gasteiger partial charge in [0.05, 0.1) is 0 Å². The molecule has 0 atom stereocenters. The molecule has 0 saturated carbocycles. The topological polar surface area (TPSA) is 148 Å². The number of carbonyl (C=O) groups excluding carboxylic acids is 2. The molecule has 4 aromatic heterocycles. The summed E-state index contributed by atoms with van der Waals surface area (Å²) in [5.41, 5.74) is 7.10. The molecule has 0 aliphatic carbocycles. The molecule has 0 aliphatic rings. The van der Waals surface area contributed by atoms with Crippen LogP contribution in [0.25, 0.3) is 11.1 Å². The van der Waals surface area contributed by atoms with Gasteiger partial charge in [-0.25, -0.2) is 37.0 Å². The Morgan fingerprint density at radius 3 is 1.42 bits per heavy atom. The number of ether oxygens (including phenoxy) is 2. The zero-order valence-corrected chi connectivity index (χ0v) is 34.0. The predicted octanol–water partition coefficient (Wildman–Crippen LogP) is 0.856. The first-order valence-corrected chi connectivity index (χ1v) is 19.5. The summed E-state index contributed by atoms with van der Waals surface area (Å²) >= 11 is 0. The van der Waals surface area contributed by atoms with E-state index in [4.69, 9.17) is 14.1 Å². The number of rotatable bonds is 20. The number of pyridine rings is 2. The molecule has 6 aromatic rings. The summed E-state index contributed by atoms with van der Waals surface area (Å²) in [4.78, 5) is 23.4. The van der Waals surface area contributed by atoms with E-state index in [1.54, 1.807) is 26.0 Å². The molecule has 0 bridgehead atoms. The van der Waals surface area contributed by atoms with Gasteiger partial charge in [-0.3, -0.25) is 0 Å². The van der Waals surface area contributed by atoms with Crippen LogP contribution < -0.4 is 28.4 Å². The molecule has 2 aromatic carbocycles. The average molecular weight is 813 g/mol. The van der Waals surface area contributed by atoms with E-state index in [9.17, 15) is 24.7 Å². The van der Waals surface area contributed by atoms with Crippen molar-refractivity contribution in [3.63, 3.8) is 0 Å². The van der Waals surface area contributed by atoms with Gasteiger partial charge in [0.25, 0.3) is 0 Å². The number of imidazole rings is 2. The van der Waals surface area contributed by atoms with Crippen molar-refractivity contribution in [3.05, 3.63) is 169 Å². The van der Waals surface area contributed by atoms with Crippen LogP contribution in [0.5, 0.6) is 5.75 Å². The molecule has 0 unspecified atom stereocenters. The fraction of sp³-hybridized carbons (Fsp3) is 0.227. The smallest absolute Gasteiger partial charge is 0.504 e. The second kappa shape index (κ2) is 20.4. The van der Waals surface area contributed by atoms with E-state index in [-0.39, 0.29) is 13.2 Å². The Hall–Kier alpha value is -6.61. The molecule has 0 aliphatic heterocycles. The molecule has 0 radical (unpaired) electrons. The van der Waals surface area contributed by atoms with E-state index in [0.29, 0.717) is 61.6 Å². The first kappa shape index (κ1) is 43.0. The standard InChI is InChI=1S/C44H50B2N6O8/c1-33(2)43(53)58-19-17-49-13-15-51(31-49)29-36-21-35(23-41(24-36)46(56)57)27-47-9-5-39(6-10-47)40-7-11-48(12-8-40)28-37-22-38(26-42(25-37)60-45-55)30-52-16-14-50(32-52)18-20-59-44(54)34(3)4/h5-16,21-26,31-32,45,55-57H,1,3,17-20,27-30H2,2,4H3/q+4. The highest BCUT2D eigenvalue weighted by Gasteiger charge is 2.18. The number of carbonyl (C=O) groups is 2. The second-order valence-electron chi connectivity index (χ2n) is 14.7. The Bertz CT molecular complexity index is 2450. The van der Waals surface area contributed by atoms with Crippen LogP contribution in [0.3, 0.4) is 0 Å². The molecule has 3 N–H and O–H groups in total. The van der Waals surface area contributed by atoms with Gasteiger partial charge >= 0.3 is 26.7 Å². The van der Waals surface area contributed by atoms with E-state index in [1.165, 1.54) is 0 Å². The third-order valence-corrected chi connectivity index (χ3v) is 9.56. The quantitative estimate of drug-likeness (QED) is 0.0446. The monoisotopic (exact) mass is 812 g/mol. The van der Waals surface area contributed by atoms with Crippen LogP contribution in [-0.2, 0) is 58.3 Å². The van der Waals surface area contributed by atoms with Gasteiger partial charge in [-0.15, -0.1) is 0 Å². The van der Waals surface area contributed by atoms with Crippen LogP contribution in [0.15, 0.2) is 147 Å². The molecule has 60 heavy (non-hydrogen) atoms. The Balaban J connectivity index is 1.06. The zero-order valence-electron chi connectivity index (χ0n) is 34.0. The van der Waals surface area contributed by atoms with Gasteiger partial charge in [-0.05, 0) is 65.8 Å². The molecule has 16 heteroatoms. The van der Waals surface area contributed by atoms with Gasteiger partial charge in [-0.1, -0.05) is 25.3 Å². The van der Waals surface area contributed by atoms with Gasteiger partial charge in [0.2, 0.25) is 12.7 Å². The third kappa shape index (κ3) is 12.4. The Labute approximate surface area is 350 Å². The van der Waals surface area contributed by atoms with Crippen molar-refractivity contribution in [3.8, 4) is 16.9 Å². The lowest BCUT2D eigenvalue weighted by Gasteiger charge is -2.08. The Kier molecular flexibility index (Phi) is 14.6. The molecular formula is C44H50B2N6O8+4. The first-order chi connectivity index (χ1) is 28.9. The summed E-state index contributed by atoms with van der Waals surface area (Å²) < 4.78 is 27.9. The van der Waals surface area contributed by atoms with Crippen molar-refractivity contribution >= 4 is 32.2 Å². The minimum atomic E-state index is -1.61. The number of aromatic nitrogens is 6. The summed E-state index contributed by atoms with van der Waals surface area (Å²) in [5, 5.41) is 29.6. The maximum Gasteiger partial charge on any atom is 0.504 e. The van der Waals surface area contributed by atoms with Gasteiger partial charge in [-0.2, -0.15) is 0 Å². The highest BCUT2D eigenvalue weighted by atomic mass is 16.5. The van der Waals surface area contributed by atoms with Crippen LogP contribution in [-0.4, -0.2) is 64.2 Å². The minimum absolute atomic E-state index is 0.231. The summed E-state index contributed by atoms with van der Waals surface area (Å²) in [5.74, 6) is -0.239. The number of benzene rings is 2. The maximum absolute atomic E-state index is 11.7. The molecule has 306 valence electrons. The molecular weight excluding hydrogens is 762 g/mol. The Morgan fingerprint density at radius 2 is 1.03 bits per heavy atom. The summed E-state index contributed by atoms with van der Waals surface area (Å²) in [6, 6.07) is 19.8. The van der Waals surface area contributed by atoms with E-state index in [1.807, 2.05) is 97.2 Å². The lowest BCUT2D eigenvalue weighted by atomic mass is 9.78. The highest BCUT2D eigenvalue weighted by Crippen LogP contribution is 2.19. The van der Waals surface area contributed by atoms with Crippen LogP contribution in [0.2, 0.25) is 0 Å². The summed E-state index contributed by atoms with van der Waals surface area (Å²) in [7, 11) is -2.03. The van der Waals surface area contributed by atoms with Gasteiger partial charge in [0, 0.05) is 46.5 Å². The van der Waals surface area contributed by atoms with Crippen LogP contribution >= 0.6 is 0 Å². The average Bonchev–Trinajstić information content (AvgIpc) is 3.87. The summed E-state index contributed by atoms with van der Waals surface area (Å²) in [6.07, 6.45) is 19.6. The fourth-order valence-electron chi connectivity index (χ4n) is 6.61. The van der Waals surface area contributed by atoms with Crippen molar-refractivity contribution in [1.29, 1.82) is 0 Å². The number of hydrogen-bond donors (Lipinski definition) is 3. The van der Waals surface area contributed by atoms with Crippen LogP contribution in [0.1, 0.15) is 36.1 Å². The molecule has 0 spiro atoms. The molecule has 14 nitrogen and oxygen atoms in total. The zero-order chi connectivity index (χ0) is 42.6. The molecule has 0 amide bonds. The predicted molar refractivity (Wildman–Crippen MR) is 222 cm³/mol. The minimum Gasteiger partial charge on any atom is -0.539 e. The van der Waals surface area contributed by atoms with Crippen molar-refractivity contribution in [2.24, 2.45) is 0 Å². The second-order valence-corrected chi connectivity index (χ2v) is 14.7. The van der Waals surface area contributed by atoms with Crippen LogP contribution in [0.4, 0.5) is 0 Å². The summed E-state index contributed by atoms with van der Waals surface area (Å²) in [6.45, 7) is 14.1. The van der Waals surface area contributed by atoms with E-state index < -0.39 is 26.7 Å². The largest absolute Gasteiger partial charge is 0.539 e. The number of hydrogen-bond acceptors (Lipinski definition) is 8. The van der Waals surface area contributed by atoms with Crippen molar-refractivity contribution in [1.82, 2.24) is 9.13 Å². The van der Waals surface area contributed by atoms with Crippen molar-refractivity contribution in [2.45, 2.75) is 53.1 Å². The van der Waals surface area contributed by atoms with Crippen LogP contribution in [0, 0.1) is 0 Å². The molecule has 0 fully saturated rings. The SMILES string of the molecule is C=C(C)C(=O)OCCn1cc[n+](Cc2cc(C[n+]3ccc(-c4cc[n+](Cc5cc(C[n+]6ccn(CCOC(=O)C(=C)C)c6)cc(B(O)O)c5)cc4)cc3)cc(OBO)c2)c1. The number of nitrogens with zero attached hydrogens (tertiary/aromatic N) is 6. The Morgan fingerprint density at radius 1 is 0.633 bits per heavy atom. The van der Waals surface area contributed by atoms with E-state index in [2.05, 4.69) is 54.1 Å². The molecule has 4 heterocycles. The highest BCUT2D eigenvalue weighted by molar-refractivity contribution is 6.58. The normalized spacial score (nSPS) is 10.9. The van der Waals surface area contributed by atoms with Crippen molar-refractivity contribution < 1.29 is 57.1 Å². The first-order valence-electron chi connectivity index (χ1n) is 19.5. The van der Waals surface area contributed by atoms with E-state index >= 15 is 0 Å². The van der Waals surface area contributed by atoms with Gasteiger partial charge in [0.1, 0.15) is 69.9 Å². The lowest BCUT2D eigenvalue weighted by Crippen LogP contribution is -2.37. The molecule has 0 saturated heterocycles. The van der Waals surface area contributed by atoms with Crippen molar-refractivity contribution in [2.75, 3.05) is 13.2 Å². The molecule has 6 rings (SSSR count). The fourth-order valence-corrected chi connectivity index (χ4v) is 6.61.